The molecule has 4 rings (SSSR count). The summed E-state index contributed by atoms with van der Waals surface area (Å²) < 4.78 is 33.6. The number of nitrogens with zero attached hydrogens (tertiary/aromatic N) is 3. The number of imidazole rings is 1. The first-order valence-electron chi connectivity index (χ1n) is 12.0. The molecule has 0 spiro atoms. The zero-order valence-electron chi connectivity index (χ0n) is 20.9. The molecule has 0 radical (unpaired) electrons. The van der Waals surface area contributed by atoms with E-state index in [1.165, 1.54) is 24.0 Å². The van der Waals surface area contributed by atoms with Crippen molar-refractivity contribution >= 4 is 27.0 Å². The third-order valence-corrected chi connectivity index (χ3v) is 8.97. The van der Waals surface area contributed by atoms with Gasteiger partial charge in [0, 0.05) is 51.5 Å². The lowest BCUT2D eigenvalue weighted by Crippen LogP contribution is -2.39. The van der Waals surface area contributed by atoms with E-state index in [1.807, 2.05) is 29.8 Å². The van der Waals surface area contributed by atoms with E-state index in [0.717, 1.165) is 42.8 Å². The third kappa shape index (κ3) is 4.92. The fourth-order valence-electron chi connectivity index (χ4n) is 5.08. The first kappa shape index (κ1) is 25.2. The van der Waals surface area contributed by atoms with E-state index >= 15 is 0 Å². The number of nitrogens with one attached hydrogen (secondary N) is 1. The normalized spacial score (nSPS) is 15.6. The highest BCUT2D eigenvalue weighted by Gasteiger charge is 2.38. The SMILES string of the molecule is COc1ccccc1C1(CNC(=O)CCc2nc3cc(S(=O)(=O)N(C)C)ccc3n2C)CCCC1. The van der Waals surface area contributed by atoms with Gasteiger partial charge in [0.2, 0.25) is 15.9 Å². The molecule has 0 saturated heterocycles. The molecule has 35 heavy (non-hydrogen) atoms. The smallest absolute Gasteiger partial charge is 0.242 e. The molecule has 1 aliphatic rings. The second kappa shape index (κ2) is 9.99. The van der Waals surface area contributed by atoms with Crippen LogP contribution in [0.3, 0.4) is 0 Å². The summed E-state index contributed by atoms with van der Waals surface area (Å²) in [5.41, 5.74) is 2.50. The van der Waals surface area contributed by atoms with Gasteiger partial charge < -0.3 is 14.6 Å². The lowest BCUT2D eigenvalue weighted by Gasteiger charge is -2.31. The Morgan fingerprint density at radius 2 is 1.89 bits per heavy atom. The van der Waals surface area contributed by atoms with Gasteiger partial charge in [-0.05, 0) is 37.1 Å². The number of ether oxygens (including phenoxy) is 1. The Morgan fingerprint density at radius 1 is 1.17 bits per heavy atom. The summed E-state index contributed by atoms with van der Waals surface area (Å²) in [4.78, 5) is 17.7. The molecule has 0 atom stereocenters. The van der Waals surface area contributed by atoms with Gasteiger partial charge in [-0.3, -0.25) is 4.79 Å². The number of carbonyl (C=O) groups is 1. The second-order valence-electron chi connectivity index (χ2n) is 9.49. The monoisotopic (exact) mass is 498 g/mol. The van der Waals surface area contributed by atoms with Gasteiger partial charge >= 0.3 is 0 Å². The highest BCUT2D eigenvalue weighted by Crippen LogP contribution is 2.44. The van der Waals surface area contributed by atoms with Crippen molar-refractivity contribution in [2.45, 2.75) is 48.8 Å². The van der Waals surface area contributed by atoms with E-state index in [-0.39, 0.29) is 16.2 Å². The number of fused-ring (bicyclic) bond motifs is 1. The fraction of sp³-hybridized carbons (Fsp3) is 0.462. The van der Waals surface area contributed by atoms with E-state index < -0.39 is 10.0 Å². The van der Waals surface area contributed by atoms with Gasteiger partial charge in [0.05, 0.1) is 23.0 Å². The first-order chi connectivity index (χ1) is 16.7. The molecule has 1 heterocycles. The number of hydrogen-bond acceptors (Lipinski definition) is 5. The van der Waals surface area contributed by atoms with Gasteiger partial charge in [-0.1, -0.05) is 31.0 Å². The van der Waals surface area contributed by atoms with Crippen molar-refractivity contribution in [2.24, 2.45) is 7.05 Å². The fourth-order valence-corrected chi connectivity index (χ4v) is 6.00. The predicted molar refractivity (Wildman–Crippen MR) is 136 cm³/mol. The van der Waals surface area contributed by atoms with Gasteiger partial charge in [-0.15, -0.1) is 0 Å². The molecule has 9 heteroatoms. The summed E-state index contributed by atoms with van der Waals surface area (Å²) in [5, 5.41) is 3.16. The minimum atomic E-state index is -3.54. The van der Waals surface area contributed by atoms with E-state index in [1.54, 1.807) is 25.3 Å². The van der Waals surface area contributed by atoms with Crippen molar-refractivity contribution < 1.29 is 17.9 Å². The van der Waals surface area contributed by atoms with Crippen molar-refractivity contribution in [1.82, 2.24) is 19.2 Å². The number of hydrogen-bond donors (Lipinski definition) is 1. The average molecular weight is 499 g/mol. The number of amides is 1. The van der Waals surface area contributed by atoms with Gasteiger partial charge in [0.15, 0.2) is 0 Å². The largest absolute Gasteiger partial charge is 0.496 e. The first-order valence-corrected chi connectivity index (χ1v) is 13.4. The third-order valence-electron chi connectivity index (χ3n) is 7.16. The molecular formula is C26H34N4O4S. The topological polar surface area (TPSA) is 93.5 Å². The van der Waals surface area contributed by atoms with Crippen LogP contribution in [-0.2, 0) is 33.7 Å². The Labute approximate surface area is 207 Å². The number of benzene rings is 2. The minimum absolute atomic E-state index is 0.0193. The number of para-hydroxylation sites is 1. The van der Waals surface area contributed by atoms with Crippen molar-refractivity contribution in [2.75, 3.05) is 27.7 Å². The molecule has 188 valence electrons. The molecule has 0 unspecified atom stereocenters. The quantitative estimate of drug-likeness (QED) is 0.488. The van der Waals surface area contributed by atoms with Gasteiger partial charge in [-0.25, -0.2) is 17.7 Å². The highest BCUT2D eigenvalue weighted by molar-refractivity contribution is 7.89. The van der Waals surface area contributed by atoms with Crippen LogP contribution >= 0.6 is 0 Å². The molecule has 2 aromatic carbocycles. The number of rotatable bonds is 9. The standard InChI is InChI=1S/C26H34N4O4S/c1-29(2)35(32,33)19-11-12-22-21(17-19)28-24(30(22)3)13-14-25(31)27-18-26(15-7-8-16-26)20-9-5-6-10-23(20)34-4/h5-6,9-12,17H,7-8,13-16,18H2,1-4H3,(H,27,31). The molecule has 1 fully saturated rings. The minimum Gasteiger partial charge on any atom is -0.496 e. The Bertz CT molecular complexity index is 1320. The molecule has 1 N–H and O–H groups in total. The van der Waals surface area contributed by atoms with Crippen LogP contribution in [0.4, 0.5) is 0 Å². The summed E-state index contributed by atoms with van der Waals surface area (Å²) in [6, 6.07) is 13.0. The average Bonchev–Trinajstić information content (AvgIpc) is 3.46. The summed E-state index contributed by atoms with van der Waals surface area (Å²) in [7, 11) is 3.05. The van der Waals surface area contributed by atoms with Crippen LogP contribution in [0.25, 0.3) is 11.0 Å². The van der Waals surface area contributed by atoms with Crippen LogP contribution < -0.4 is 10.1 Å². The molecule has 1 amide bonds. The molecule has 8 nitrogen and oxygen atoms in total. The lowest BCUT2D eigenvalue weighted by atomic mass is 9.78. The van der Waals surface area contributed by atoms with Crippen LogP contribution in [0.2, 0.25) is 0 Å². The van der Waals surface area contributed by atoms with Gasteiger partial charge in [0.1, 0.15) is 11.6 Å². The number of carbonyl (C=O) groups excluding carboxylic acids is 1. The van der Waals surface area contributed by atoms with Crippen LogP contribution in [-0.4, -0.2) is 55.9 Å². The van der Waals surface area contributed by atoms with Gasteiger partial charge in [-0.2, -0.15) is 0 Å². The Balaban J connectivity index is 1.44. The molecular weight excluding hydrogens is 464 g/mol. The number of aromatic nitrogens is 2. The summed E-state index contributed by atoms with van der Waals surface area (Å²) >= 11 is 0. The molecule has 3 aromatic rings. The maximum Gasteiger partial charge on any atom is 0.242 e. The molecule has 1 aromatic heterocycles. The van der Waals surface area contributed by atoms with E-state index in [9.17, 15) is 13.2 Å². The maximum absolute atomic E-state index is 12.8. The van der Waals surface area contributed by atoms with Gasteiger partial charge in [0.25, 0.3) is 0 Å². The summed E-state index contributed by atoms with van der Waals surface area (Å²) in [6.45, 7) is 0.584. The Kier molecular flexibility index (Phi) is 7.19. The van der Waals surface area contributed by atoms with E-state index in [4.69, 9.17) is 4.74 Å². The number of methoxy groups -OCH3 is 1. The van der Waals surface area contributed by atoms with Crippen LogP contribution in [0.5, 0.6) is 5.75 Å². The predicted octanol–water partition coefficient (Wildman–Crippen LogP) is 3.39. The molecule has 0 aliphatic heterocycles. The summed E-state index contributed by atoms with van der Waals surface area (Å²) in [5.74, 6) is 1.60. The van der Waals surface area contributed by atoms with Crippen LogP contribution in [0.1, 0.15) is 43.5 Å². The maximum atomic E-state index is 12.8. The molecule has 1 saturated carbocycles. The van der Waals surface area contributed by atoms with Crippen LogP contribution in [0.15, 0.2) is 47.4 Å². The lowest BCUT2D eigenvalue weighted by molar-refractivity contribution is -0.121. The van der Waals surface area contributed by atoms with Crippen molar-refractivity contribution in [3.63, 3.8) is 0 Å². The number of aryl methyl sites for hydroxylation is 2. The molecule has 1 aliphatic carbocycles. The number of sulfonamides is 1. The van der Waals surface area contributed by atoms with Crippen molar-refractivity contribution in [1.29, 1.82) is 0 Å². The zero-order chi connectivity index (χ0) is 25.2. The highest BCUT2D eigenvalue weighted by atomic mass is 32.2. The van der Waals surface area contributed by atoms with Crippen LogP contribution in [0, 0.1) is 0 Å². The Hall–Kier alpha value is -2.91. The zero-order valence-corrected chi connectivity index (χ0v) is 21.7. The Morgan fingerprint density at radius 3 is 2.57 bits per heavy atom. The summed E-state index contributed by atoms with van der Waals surface area (Å²) in [6.07, 6.45) is 5.10. The molecule has 0 bridgehead atoms. The van der Waals surface area contributed by atoms with Crippen molar-refractivity contribution in [3.05, 3.63) is 53.9 Å². The second-order valence-corrected chi connectivity index (χ2v) is 11.6. The van der Waals surface area contributed by atoms with E-state index in [2.05, 4.69) is 16.4 Å². The van der Waals surface area contributed by atoms with Crippen molar-refractivity contribution in [3.8, 4) is 5.75 Å². The van der Waals surface area contributed by atoms with E-state index in [0.29, 0.717) is 24.9 Å².